The summed E-state index contributed by atoms with van der Waals surface area (Å²) in [6, 6.07) is 4.63. The monoisotopic (exact) mass is 358 g/mol. The molecule has 116 valence electrons. The van der Waals surface area contributed by atoms with Crippen molar-refractivity contribution in [3.05, 3.63) is 44.4 Å². The van der Waals surface area contributed by atoms with E-state index in [9.17, 15) is 9.59 Å². The van der Waals surface area contributed by atoms with Crippen molar-refractivity contribution in [2.45, 2.75) is 13.3 Å². The third kappa shape index (κ3) is 3.97. The molecule has 0 radical (unpaired) electrons. The summed E-state index contributed by atoms with van der Waals surface area (Å²) in [4.78, 5) is 28.5. The Labute approximate surface area is 141 Å². The minimum Gasteiger partial charge on any atom is -0.469 e. The predicted octanol–water partition coefficient (Wildman–Crippen LogP) is 3.73. The molecule has 0 aliphatic heterocycles. The van der Waals surface area contributed by atoms with Gasteiger partial charge in [-0.1, -0.05) is 23.2 Å². The summed E-state index contributed by atoms with van der Waals surface area (Å²) < 4.78 is 4.62. The number of ether oxygens (including phenoxy) is 1. The maximum Gasteiger partial charge on any atom is 0.310 e. The van der Waals surface area contributed by atoms with Gasteiger partial charge < -0.3 is 4.74 Å². The Morgan fingerprint density at radius 2 is 2.09 bits per heavy atom. The van der Waals surface area contributed by atoms with Crippen LogP contribution in [0.15, 0.2) is 18.2 Å². The molecule has 2 aromatic rings. The fourth-order valence-corrected chi connectivity index (χ4v) is 3.00. The lowest BCUT2D eigenvalue weighted by molar-refractivity contribution is -0.139. The van der Waals surface area contributed by atoms with Crippen molar-refractivity contribution in [2.75, 3.05) is 12.4 Å². The van der Waals surface area contributed by atoms with Crippen LogP contribution in [0.25, 0.3) is 0 Å². The van der Waals surface area contributed by atoms with Crippen molar-refractivity contribution in [1.29, 1.82) is 0 Å². The maximum absolute atomic E-state index is 12.2. The number of amides is 1. The summed E-state index contributed by atoms with van der Waals surface area (Å²) in [5.41, 5.74) is 0.930. The largest absolute Gasteiger partial charge is 0.469 e. The molecule has 0 saturated carbocycles. The average molecular weight is 359 g/mol. The number of esters is 1. The highest BCUT2D eigenvalue weighted by molar-refractivity contribution is 7.16. The maximum atomic E-state index is 12.2. The van der Waals surface area contributed by atoms with Crippen LogP contribution in [0.3, 0.4) is 0 Å². The lowest BCUT2D eigenvalue weighted by atomic mass is 10.2. The minimum atomic E-state index is -0.411. The highest BCUT2D eigenvalue weighted by Crippen LogP contribution is 2.26. The number of thiazole rings is 1. The number of anilines is 1. The predicted molar refractivity (Wildman–Crippen MR) is 87.0 cm³/mol. The second-order valence-electron chi connectivity index (χ2n) is 4.36. The summed E-state index contributed by atoms with van der Waals surface area (Å²) in [5, 5.41) is 3.75. The normalized spacial score (nSPS) is 10.4. The molecule has 0 unspecified atom stereocenters. The van der Waals surface area contributed by atoms with Crippen LogP contribution in [0.1, 0.15) is 20.9 Å². The van der Waals surface area contributed by atoms with Crippen molar-refractivity contribution in [1.82, 2.24) is 4.98 Å². The lowest BCUT2D eigenvalue weighted by Crippen LogP contribution is -2.12. The van der Waals surface area contributed by atoms with E-state index in [2.05, 4.69) is 15.0 Å². The molecule has 1 heterocycles. The van der Waals surface area contributed by atoms with Gasteiger partial charge in [0.15, 0.2) is 5.13 Å². The molecule has 1 N–H and O–H groups in total. The summed E-state index contributed by atoms with van der Waals surface area (Å²) in [7, 11) is 1.32. The highest BCUT2D eigenvalue weighted by atomic mass is 35.5. The van der Waals surface area contributed by atoms with Crippen LogP contribution in [0, 0.1) is 6.92 Å². The van der Waals surface area contributed by atoms with Gasteiger partial charge in [0.25, 0.3) is 5.91 Å². The SMILES string of the molecule is COC(=O)Cc1sc(NC(=O)c2cc(Cl)ccc2Cl)nc1C. The molecule has 5 nitrogen and oxygen atoms in total. The number of methoxy groups -OCH3 is 1. The molecule has 8 heteroatoms. The number of benzene rings is 1. The van der Waals surface area contributed by atoms with E-state index in [0.717, 1.165) is 4.88 Å². The first-order valence-corrected chi connectivity index (χ1v) is 7.77. The number of aryl methyl sites for hydroxylation is 1. The van der Waals surface area contributed by atoms with Gasteiger partial charge in [-0.3, -0.25) is 14.9 Å². The number of halogens is 2. The summed E-state index contributed by atoms with van der Waals surface area (Å²) >= 11 is 13.1. The quantitative estimate of drug-likeness (QED) is 0.845. The summed E-state index contributed by atoms with van der Waals surface area (Å²) in [6.07, 6.45) is 0.119. The van der Waals surface area contributed by atoms with Gasteiger partial charge in [0, 0.05) is 9.90 Å². The van der Waals surface area contributed by atoms with Gasteiger partial charge in [0.2, 0.25) is 0 Å². The van der Waals surface area contributed by atoms with Crippen LogP contribution in [0.2, 0.25) is 10.0 Å². The summed E-state index contributed by atoms with van der Waals surface area (Å²) in [6.45, 7) is 1.76. The van der Waals surface area contributed by atoms with E-state index in [4.69, 9.17) is 23.2 Å². The Morgan fingerprint density at radius 1 is 1.36 bits per heavy atom. The molecule has 1 amide bonds. The fourth-order valence-electron chi connectivity index (χ4n) is 1.68. The molecule has 0 bridgehead atoms. The van der Waals surface area contributed by atoms with Crippen LogP contribution >= 0.6 is 34.5 Å². The first kappa shape index (κ1) is 16.7. The zero-order chi connectivity index (χ0) is 16.3. The Bertz CT molecular complexity index is 731. The van der Waals surface area contributed by atoms with Crippen molar-refractivity contribution in [3.63, 3.8) is 0 Å². The van der Waals surface area contributed by atoms with Crippen LogP contribution < -0.4 is 5.32 Å². The molecule has 0 spiro atoms. The van der Waals surface area contributed by atoms with E-state index in [1.807, 2.05) is 0 Å². The van der Waals surface area contributed by atoms with Gasteiger partial charge in [0.1, 0.15) is 0 Å². The number of nitrogens with zero attached hydrogens (tertiary/aromatic N) is 1. The first-order chi connectivity index (χ1) is 10.4. The number of carbonyl (C=O) groups is 2. The van der Waals surface area contributed by atoms with Crippen molar-refractivity contribution in [2.24, 2.45) is 0 Å². The second kappa shape index (κ2) is 7.09. The molecule has 1 aromatic carbocycles. The van der Waals surface area contributed by atoms with E-state index < -0.39 is 5.91 Å². The topological polar surface area (TPSA) is 68.3 Å². The van der Waals surface area contributed by atoms with Crippen LogP contribution in [0.4, 0.5) is 5.13 Å². The average Bonchev–Trinajstić information content (AvgIpc) is 2.81. The van der Waals surface area contributed by atoms with E-state index in [-0.39, 0.29) is 18.0 Å². The van der Waals surface area contributed by atoms with Gasteiger partial charge >= 0.3 is 5.97 Å². The third-order valence-electron chi connectivity index (χ3n) is 2.82. The Morgan fingerprint density at radius 3 is 2.77 bits per heavy atom. The number of carbonyl (C=O) groups excluding carboxylic acids is 2. The van der Waals surface area contributed by atoms with Crippen LogP contribution in [0.5, 0.6) is 0 Å². The third-order valence-corrected chi connectivity index (χ3v) is 4.46. The molecular weight excluding hydrogens is 347 g/mol. The number of hydrogen-bond donors (Lipinski definition) is 1. The van der Waals surface area contributed by atoms with Gasteiger partial charge in [-0.2, -0.15) is 0 Å². The zero-order valence-corrected chi connectivity index (χ0v) is 14.1. The highest BCUT2D eigenvalue weighted by Gasteiger charge is 2.16. The van der Waals surface area contributed by atoms with E-state index in [1.54, 1.807) is 19.1 Å². The molecule has 0 atom stereocenters. The van der Waals surface area contributed by atoms with Gasteiger partial charge in [0.05, 0.1) is 29.8 Å². The smallest absolute Gasteiger partial charge is 0.310 e. The zero-order valence-electron chi connectivity index (χ0n) is 11.8. The van der Waals surface area contributed by atoms with Crippen molar-refractivity contribution < 1.29 is 14.3 Å². The van der Waals surface area contributed by atoms with Gasteiger partial charge in [-0.05, 0) is 25.1 Å². The molecule has 0 aliphatic carbocycles. The number of nitrogens with one attached hydrogen (secondary N) is 1. The minimum absolute atomic E-state index is 0.119. The van der Waals surface area contributed by atoms with Crippen LogP contribution in [-0.4, -0.2) is 24.0 Å². The molecule has 0 fully saturated rings. The standard InChI is InChI=1S/C14H12Cl2N2O3S/c1-7-11(6-12(19)21-2)22-14(17-7)18-13(20)9-5-8(15)3-4-10(9)16/h3-5H,6H2,1-2H3,(H,17,18,20). The van der Waals surface area contributed by atoms with E-state index in [1.165, 1.54) is 24.5 Å². The Balaban J connectivity index is 2.17. The molecule has 0 saturated heterocycles. The van der Waals surface area contributed by atoms with Crippen molar-refractivity contribution >= 4 is 51.5 Å². The fraction of sp³-hybridized carbons (Fsp3) is 0.214. The molecular formula is C14H12Cl2N2O3S. The lowest BCUT2D eigenvalue weighted by Gasteiger charge is -2.04. The number of hydrogen-bond acceptors (Lipinski definition) is 5. The summed E-state index contributed by atoms with van der Waals surface area (Å²) in [5.74, 6) is -0.770. The van der Waals surface area contributed by atoms with Crippen LogP contribution in [-0.2, 0) is 16.0 Å². The molecule has 1 aromatic heterocycles. The number of aromatic nitrogens is 1. The molecule has 0 aliphatic rings. The Kier molecular flexibility index (Phi) is 5.39. The van der Waals surface area contributed by atoms with Gasteiger partial charge in [-0.25, -0.2) is 4.98 Å². The molecule has 2 rings (SSSR count). The number of rotatable bonds is 4. The first-order valence-electron chi connectivity index (χ1n) is 6.20. The second-order valence-corrected chi connectivity index (χ2v) is 6.29. The van der Waals surface area contributed by atoms with E-state index >= 15 is 0 Å². The van der Waals surface area contributed by atoms with Gasteiger partial charge in [-0.15, -0.1) is 11.3 Å². The van der Waals surface area contributed by atoms with Crippen molar-refractivity contribution in [3.8, 4) is 0 Å². The van der Waals surface area contributed by atoms with E-state index in [0.29, 0.717) is 20.9 Å². The Hall–Kier alpha value is -1.63. The molecule has 22 heavy (non-hydrogen) atoms.